The van der Waals surface area contributed by atoms with Gasteiger partial charge in [-0.15, -0.1) is 0 Å². The van der Waals surface area contributed by atoms with Gasteiger partial charge in [0.2, 0.25) is 5.91 Å². The minimum Gasteiger partial charge on any atom is -0.756 e. The van der Waals surface area contributed by atoms with E-state index in [0.29, 0.717) is 17.4 Å². The predicted octanol–water partition coefficient (Wildman–Crippen LogP) is 12.9. The van der Waals surface area contributed by atoms with Crippen molar-refractivity contribution < 1.29 is 32.9 Å². The number of phosphoric acid groups is 1. The molecule has 1 amide bonds. The molecule has 9 heteroatoms. The molecule has 0 fully saturated rings. The molecule has 0 aliphatic carbocycles. The molecular weight excluding hydrogens is 719 g/mol. The normalized spacial score (nSPS) is 14.3. The van der Waals surface area contributed by atoms with Gasteiger partial charge in [0.05, 0.1) is 39.9 Å². The van der Waals surface area contributed by atoms with Crippen molar-refractivity contribution in [2.45, 2.75) is 244 Å². The number of rotatable bonds is 44. The maximum absolute atomic E-state index is 12.9. The number of unbranched alkanes of at least 4 members (excludes halogenated alkanes) is 31. The van der Waals surface area contributed by atoms with Gasteiger partial charge in [-0.25, -0.2) is 0 Å². The van der Waals surface area contributed by atoms with Crippen LogP contribution in [0, 0.1) is 0 Å². The number of carbonyl (C=O) groups is 1. The molecule has 0 spiro atoms. The lowest BCUT2D eigenvalue weighted by atomic mass is 10.0. The summed E-state index contributed by atoms with van der Waals surface area (Å²) in [6.07, 6.45) is 45.5. The lowest BCUT2D eigenvalue weighted by Gasteiger charge is -2.29. The number of likely N-dealkylation sites (N-methyl/N-ethyl adjacent to an activating group) is 1. The zero-order valence-electron chi connectivity index (χ0n) is 37.9. The predicted molar refractivity (Wildman–Crippen MR) is 238 cm³/mol. The maximum atomic E-state index is 12.9. The third-order valence-electron chi connectivity index (χ3n) is 11.0. The van der Waals surface area contributed by atoms with Gasteiger partial charge >= 0.3 is 0 Å². The molecule has 0 aromatic carbocycles. The molecule has 3 atom stereocenters. The average Bonchev–Trinajstić information content (AvgIpc) is 3.15. The fraction of sp³-hybridized carbons (Fsp3) is 0.936. The lowest BCUT2D eigenvalue weighted by Crippen LogP contribution is -2.45. The van der Waals surface area contributed by atoms with Crippen molar-refractivity contribution in [1.82, 2.24) is 5.32 Å². The Morgan fingerprint density at radius 1 is 0.607 bits per heavy atom. The molecule has 0 aliphatic rings. The van der Waals surface area contributed by atoms with Crippen molar-refractivity contribution >= 4 is 13.7 Å². The van der Waals surface area contributed by atoms with Crippen LogP contribution < -0.4 is 10.2 Å². The largest absolute Gasteiger partial charge is 0.756 e. The van der Waals surface area contributed by atoms with E-state index in [2.05, 4.69) is 19.2 Å². The molecule has 8 nitrogen and oxygen atoms in total. The zero-order valence-corrected chi connectivity index (χ0v) is 38.7. The summed E-state index contributed by atoms with van der Waals surface area (Å²) in [7, 11) is 1.27. The van der Waals surface area contributed by atoms with E-state index in [1.807, 2.05) is 27.2 Å². The van der Waals surface area contributed by atoms with Gasteiger partial charge in [-0.2, -0.15) is 0 Å². The Morgan fingerprint density at radius 2 is 0.964 bits per heavy atom. The van der Waals surface area contributed by atoms with Crippen LogP contribution in [0.4, 0.5) is 0 Å². The zero-order chi connectivity index (χ0) is 41.4. The molecule has 2 N–H and O–H groups in total. The van der Waals surface area contributed by atoms with Gasteiger partial charge in [0, 0.05) is 6.42 Å². The standard InChI is InChI=1S/C47H95N2O6P/c1-6-8-10-12-14-16-18-20-21-22-23-24-25-26-27-28-29-31-33-35-37-39-41-47(51)48-45(44-55-56(52,53)54-43-42-49(3,4)5)46(50)40-38-36-34-32-30-19-17-15-13-11-9-7-2/h38,40,45-46,50H,6-37,39,41-44H2,1-5H3,(H-,48,51,52,53)/b40-38+. The molecule has 0 heterocycles. The first-order valence-electron chi connectivity index (χ1n) is 24.1. The molecule has 56 heavy (non-hydrogen) atoms. The summed E-state index contributed by atoms with van der Waals surface area (Å²) in [6.45, 7) is 4.66. The molecule has 0 rings (SSSR count). The van der Waals surface area contributed by atoms with E-state index in [4.69, 9.17) is 9.05 Å². The minimum absolute atomic E-state index is 0.00211. The van der Waals surface area contributed by atoms with Crippen molar-refractivity contribution in [2.75, 3.05) is 40.9 Å². The van der Waals surface area contributed by atoms with Gasteiger partial charge < -0.3 is 28.8 Å². The summed E-state index contributed by atoms with van der Waals surface area (Å²) in [5, 5.41) is 13.8. The molecule has 0 saturated carbocycles. The number of nitrogens with one attached hydrogen (secondary N) is 1. The average molecular weight is 815 g/mol. The van der Waals surface area contributed by atoms with Gasteiger partial charge in [0.1, 0.15) is 13.2 Å². The van der Waals surface area contributed by atoms with Crippen LogP contribution in [-0.4, -0.2) is 68.5 Å². The third-order valence-corrected chi connectivity index (χ3v) is 12.0. The van der Waals surface area contributed by atoms with Gasteiger partial charge in [-0.05, 0) is 19.3 Å². The molecule has 0 radical (unpaired) electrons. The fourth-order valence-corrected chi connectivity index (χ4v) is 7.88. The summed E-state index contributed by atoms with van der Waals surface area (Å²) < 4.78 is 23.2. The van der Waals surface area contributed by atoms with Crippen LogP contribution in [0.5, 0.6) is 0 Å². The summed E-state index contributed by atoms with van der Waals surface area (Å²) in [5.74, 6) is -0.194. The second kappa shape index (κ2) is 39.7. The monoisotopic (exact) mass is 815 g/mol. The second-order valence-electron chi connectivity index (χ2n) is 17.8. The summed E-state index contributed by atoms with van der Waals surface area (Å²) in [4.78, 5) is 25.3. The first-order chi connectivity index (χ1) is 27.0. The number of amides is 1. The number of carbonyl (C=O) groups excluding carboxylic acids is 1. The second-order valence-corrected chi connectivity index (χ2v) is 19.2. The number of aliphatic hydroxyl groups excluding tert-OH is 1. The summed E-state index contributed by atoms with van der Waals surface area (Å²) >= 11 is 0. The Balaban J connectivity index is 4.22. The van der Waals surface area contributed by atoms with Crippen LogP contribution in [0.3, 0.4) is 0 Å². The highest BCUT2D eigenvalue weighted by Crippen LogP contribution is 2.38. The summed E-state index contributed by atoms with van der Waals surface area (Å²) in [5.41, 5.74) is 0. The Labute approximate surface area is 348 Å². The van der Waals surface area contributed by atoms with E-state index in [1.54, 1.807) is 6.08 Å². The van der Waals surface area contributed by atoms with Crippen LogP contribution in [0.15, 0.2) is 12.2 Å². The van der Waals surface area contributed by atoms with Crippen molar-refractivity contribution in [3.05, 3.63) is 12.2 Å². The van der Waals surface area contributed by atoms with Crippen LogP contribution >= 0.6 is 7.82 Å². The summed E-state index contributed by atoms with van der Waals surface area (Å²) in [6, 6.07) is -0.879. The Morgan fingerprint density at radius 3 is 1.34 bits per heavy atom. The molecule has 0 saturated heterocycles. The number of phosphoric ester groups is 1. The minimum atomic E-state index is -4.58. The van der Waals surface area contributed by atoms with Crippen LogP contribution in [0.25, 0.3) is 0 Å². The van der Waals surface area contributed by atoms with Crippen molar-refractivity contribution in [2.24, 2.45) is 0 Å². The molecule has 0 bridgehead atoms. The highest BCUT2D eigenvalue weighted by atomic mass is 31.2. The van der Waals surface area contributed by atoms with E-state index >= 15 is 0 Å². The van der Waals surface area contributed by atoms with E-state index in [-0.39, 0.29) is 19.1 Å². The first kappa shape index (κ1) is 55.2. The number of hydrogen-bond acceptors (Lipinski definition) is 6. The van der Waals surface area contributed by atoms with Gasteiger partial charge in [0.25, 0.3) is 7.82 Å². The molecule has 0 aromatic rings. The Kier molecular flexibility index (Phi) is 39.1. The quantitative estimate of drug-likeness (QED) is 0.0274. The molecule has 0 aromatic heterocycles. The molecular formula is C47H95N2O6P. The van der Waals surface area contributed by atoms with E-state index in [1.165, 1.54) is 173 Å². The van der Waals surface area contributed by atoms with Gasteiger partial charge in [-0.1, -0.05) is 219 Å². The smallest absolute Gasteiger partial charge is 0.268 e. The number of nitrogens with zero attached hydrogens (tertiary/aromatic N) is 1. The van der Waals surface area contributed by atoms with Crippen molar-refractivity contribution in [1.29, 1.82) is 0 Å². The number of hydrogen-bond donors (Lipinski definition) is 2. The van der Waals surface area contributed by atoms with Crippen LogP contribution in [0.1, 0.15) is 232 Å². The van der Waals surface area contributed by atoms with Gasteiger partial charge in [0.15, 0.2) is 0 Å². The van der Waals surface area contributed by atoms with Crippen LogP contribution in [0.2, 0.25) is 0 Å². The maximum Gasteiger partial charge on any atom is 0.268 e. The molecule has 334 valence electrons. The number of allylic oxidation sites excluding steroid dienone is 1. The highest BCUT2D eigenvalue weighted by Gasteiger charge is 2.23. The fourth-order valence-electron chi connectivity index (χ4n) is 7.15. The van der Waals surface area contributed by atoms with E-state index < -0.39 is 20.0 Å². The third kappa shape index (κ3) is 41.4. The van der Waals surface area contributed by atoms with Crippen LogP contribution in [-0.2, 0) is 18.4 Å². The first-order valence-corrected chi connectivity index (χ1v) is 25.5. The van der Waals surface area contributed by atoms with Crippen molar-refractivity contribution in [3.8, 4) is 0 Å². The topological polar surface area (TPSA) is 108 Å². The van der Waals surface area contributed by atoms with Crippen molar-refractivity contribution in [3.63, 3.8) is 0 Å². The molecule has 3 unspecified atom stereocenters. The van der Waals surface area contributed by atoms with E-state index in [9.17, 15) is 19.4 Å². The van der Waals surface area contributed by atoms with Gasteiger partial charge in [-0.3, -0.25) is 9.36 Å². The Hall–Kier alpha value is -0.760. The number of aliphatic hydroxyl groups is 1. The van der Waals surface area contributed by atoms with E-state index in [0.717, 1.165) is 38.5 Å². The number of quaternary nitrogens is 1. The lowest BCUT2D eigenvalue weighted by molar-refractivity contribution is -0.870. The Bertz CT molecular complexity index is 927. The highest BCUT2D eigenvalue weighted by molar-refractivity contribution is 7.45. The SMILES string of the molecule is CCCCCCCCCCCC/C=C/C(O)C(COP(=O)([O-])OCC[N+](C)(C)C)NC(=O)CCCCCCCCCCCCCCCCCCCCCCCC. The molecule has 0 aliphatic heterocycles.